The van der Waals surface area contributed by atoms with Gasteiger partial charge < -0.3 is 5.73 Å². The molecule has 1 aromatic carbocycles. The van der Waals surface area contributed by atoms with E-state index >= 15 is 0 Å². The van der Waals surface area contributed by atoms with E-state index in [0.717, 1.165) is 11.3 Å². The molecule has 4 nitrogen and oxygen atoms in total. The Bertz CT molecular complexity index is 759. The Hall–Kier alpha value is -1.52. The van der Waals surface area contributed by atoms with Gasteiger partial charge in [0.15, 0.2) is 0 Å². The number of halogens is 1. The minimum Gasteiger partial charge on any atom is -0.320 e. The highest BCUT2D eigenvalue weighted by molar-refractivity contribution is 7.94. The molecule has 7 heteroatoms. The van der Waals surface area contributed by atoms with Crippen LogP contribution in [0.1, 0.15) is 5.56 Å². The molecule has 0 atom stereocenters. The van der Waals surface area contributed by atoms with Gasteiger partial charge in [0.2, 0.25) is 0 Å². The van der Waals surface area contributed by atoms with E-state index in [4.69, 9.17) is 17.3 Å². The largest absolute Gasteiger partial charge is 0.320 e. The molecule has 2 rings (SSSR count). The van der Waals surface area contributed by atoms with E-state index in [1.807, 2.05) is 0 Å². The Balaban J connectivity index is 2.31. The second-order valence-corrected chi connectivity index (χ2v) is 7.00. The average Bonchev–Trinajstić information content (AvgIpc) is 2.94. The first-order valence-electron chi connectivity index (χ1n) is 5.58. The van der Waals surface area contributed by atoms with Gasteiger partial charge in [0.05, 0.1) is 17.3 Å². The van der Waals surface area contributed by atoms with E-state index in [0.29, 0.717) is 16.3 Å². The van der Waals surface area contributed by atoms with Crippen LogP contribution < -0.4 is 10.5 Å². The highest BCUT2D eigenvalue weighted by atomic mass is 35.5. The monoisotopic (exact) mass is 326 g/mol. The van der Waals surface area contributed by atoms with Crippen molar-refractivity contribution in [3.8, 4) is 11.8 Å². The molecular formula is C13H11ClN2O2S2. The fourth-order valence-electron chi connectivity index (χ4n) is 1.45. The highest BCUT2D eigenvalue weighted by Gasteiger charge is 2.15. The number of hydrogen-bond acceptors (Lipinski definition) is 4. The first-order chi connectivity index (χ1) is 9.53. The van der Waals surface area contributed by atoms with Crippen LogP contribution in [0.15, 0.2) is 39.9 Å². The van der Waals surface area contributed by atoms with E-state index in [-0.39, 0.29) is 10.8 Å². The highest BCUT2D eigenvalue weighted by Crippen LogP contribution is 2.23. The average molecular weight is 327 g/mol. The smallest absolute Gasteiger partial charge is 0.271 e. The lowest BCUT2D eigenvalue weighted by Gasteiger charge is -2.07. The van der Waals surface area contributed by atoms with Gasteiger partial charge in [-0.25, -0.2) is 8.42 Å². The normalized spacial score (nSPS) is 10.7. The summed E-state index contributed by atoms with van der Waals surface area (Å²) in [7, 11) is -3.57. The molecule has 0 aliphatic heterocycles. The molecule has 1 heterocycles. The second kappa shape index (κ2) is 6.29. The summed E-state index contributed by atoms with van der Waals surface area (Å²) in [5, 5.41) is 2.15. The molecule has 0 aliphatic rings. The van der Waals surface area contributed by atoms with Gasteiger partial charge in [0.25, 0.3) is 10.0 Å². The fourth-order valence-corrected chi connectivity index (χ4v) is 3.66. The van der Waals surface area contributed by atoms with Crippen LogP contribution in [0.5, 0.6) is 0 Å². The van der Waals surface area contributed by atoms with Crippen molar-refractivity contribution in [1.29, 1.82) is 0 Å². The van der Waals surface area contributed by atoms with E-state index in [1.165, 1.54) is 6.07 Å². The van der Waals surface area contributed by atoms with Gasteiger partial charge in [0, 0.05) is 5.56 Å². The molecular weight excluding hydrogens is 316 g/mol. The lowest BCUT2D eigenvalue weighted by molar-refractivity contribution is 0.603. The number of rotatable bonds is 3. The second-order valence-electron chi connectivity index (χ2n) is 3.74. The van der Waals surface area contributed by atoms with Crippen LogP contribution in [0.4, 0.5) is 5.69 Å². The minimum absolute atomic E-state index is 0.210. The zero-order valence-electron chi connectivity index (χ0n) is 10.3. The van der Waals surface area contributed by atoms with E-state index in [2.05, 4.69) is 16.6 Å². The van der Waals surface area contributed by atoms with Crippen molar-refractivity contribution < 1.29 is 8.42 Å². The molecule has 0 fully saturated rings. The Morgan fingerprint density at radius 2 is 2.15 bits per heavy atom. The van der Waals surface area contributed by atoms with Crippen molar-refractivity contribution in [3.05, 3.63) is 46.3 Å². The molecule has 20 heavy (non-hydrogen) atoms. The van der Waals surface area contributed by atoms with Crippen LogP contribution in [-0.2, 0) is 10.0 Å². The predicted molar refractivity (Wildman–Crippen MR) is 82.5 cm³/mol. The predicted octanol–water partition coefficient (Wildman–Crippen LogP) is 2.51. The number of thiophene rings is 1. The van der Waals surface area contributed by atoms with Gasteiger partial charge in [-0.05, 0) is 29.6 Å². The summed E-state index contributed by atoms with van der Waals surface area (Å²) in [6.45, 7) is 0.210. The molecule has 0 spiro atoms. The third-order valence-electron chi connectivity index (χ3n) is 2.30. The topological polar surface area (TPSA) is 72.2 Å². The molecule has 0 unspecified atom stereocenters. The van der Waals surface area contributed by atoms with Gasteiger partial charge in [-0.15, -0.1) is 11.3 Å². The Morgan fingerprint density at radius 3 is 2.80 bits per heavy atom. The van der Waals surface area contributed by atoms with Crippen LogP contribution in [0.3, 0.4) is 0 Å². The van der Waals surface area contributed by atoms with Crippen molar-refractivity contribution in [2.45, 2.75) is 4.21 Å². The Labute approximate surface area is 126 Å². The first kappa shape index (κ1) is 14.9. The summed E-state index contributed by atoms with van der Waals surface area (Å²) in [5.74, 6) is 5.48. The number of sulfonamides is 1. The zero-order valence-corrected chi connectivity index (χ0v) is 12.6. The van der Waals surface area contributed by atoms with Crippen LogP contribution in [-0.4, -0.2) is 15.0 Å². The molecule has 0 amide bonds. The van der Waals surface area contributed by atoms with E-state index in [1.54, 1.807) is 29.6 Å². The third kappa shape index (κ3) is 3.52. The SMILES string of the molecule is NCC#Cc1cc(NS(=O)(=O)c2cccs2)ccc1Cl. The van der Waals surface area contributed by atoms with E-state index in [9.17, 15) is 8.42 Å². The molecule has 0 saturated heterocycles. The molecule has 0 bridgehead atoms. The van der Waals surface area contributed by atoms with Crippen molar-refractivity contribution in [2.24, 2.45) is 5.73 Å². The minimum atomic E-state index is -3.57. The zero-order chi connectivity index (χ0) is 14.6. The van der Waals surface area contributed by atoms with Crippen LogP contribution in [0.25, 0.3) is 0 Å². The lowest BCUT2D eigenvalue weighted by atomic mass is 10.2. The summed E-state index contributed by atoms with van der Waals surface area (Å²) in [5.41, 5.74) is 6.24. The van der Waals surface area contributed by atoms with Crippen LogP contribution in [0, 0.1) is 11.8 Å². The fraction of sp³-hybridized carbons (Fsp3) is 0.0769. The maximum absolute atomic E-state index is 12.1. The van der Waals surface area contributed by atoms with Crippen molar-refractivity contribution in [2.75, 3.05) is 11.3 Å². The quantitative estimate of drug-likeness (QED) is 0.851. The maximum Gasteiger partial charge on any atom is 0.271 e. The molecule has 1 aromatic heterocycles. The molecule has 2 aromatic rings. The standard InChI is InChI=1S/C13H11ClN2O2S2/c14-12-6-5-11(9-10(12)3-1-7-15)16-20(17,18)13-4-2-8-19-13/h2,4-6,8-9,16H,7,15H2. The summed E-state index contributed by atoms with van der Waals surface area (Å²) in [6.07, 6.45) is 0. The Kier molecular flexibility index (Phi) is 4.68. The van der Waals surface area contributed by atoms with Gasteiger partial charge in [0.1, 0.15) is 4.21 Å². The number of nitrogens with one attached hydrogen (secondary N) is 1. The molecule has 104 valence electrons. The van der Waals surface area contributed by atoms with Crippen molar-refractivity contribution in [1.82, 2.24) is 0 Å². The summed E-state index contributed by atoms with van der Waals surface area (Å²) in [6, 6.07) is 7.98. The number of hydrogen-bond donors (Lipinski definition) is 2. The Morgan fingerprint density at radius 1 is 1.35 bits per heavy atom. The molecule has 0 radical (unpaired) electrons. The molecule has 0 saturated carbocycles. The van der Waals surface area contributed by atoms with Crippen LogP contribution >= 0.6 is 22.9 Å². The number of nitrogens with two attached hydrogens (primary N) is 1. The van der Waals surface area contributed by atoms with Gasteiger partial charge in [-0.3, -0.25) is 4.72 Å². The lowest BCUT2D eigenvalue weighted by Crippen LogP contribution is -2.11. The van der Waals surface area contributed by atoms with Gasteiger partial charge in [-0.2, -0.15) is 0 Å². The van der Waals surface area contributed by atoms with E-state index < -0.39 is 10.0 Å². The third-order valence-corrected chi connectivity index (χ3v) is 5.41. The summed E-state index contributed by atoms with van der Waals surface area (Å²) in [4.78, 5) is 0. The molecule has 0 aliphatic carbocycles. The summed E-state index contributed by atoms with van der Waals surface area (Å²) < 4.78 is 26.9. The summed E-state index contributed by atoms with van der Waals surface area (Å²) >= 11 is 7.13. The van der Waals surface area contributed by atoms with Gasteiger partial charge in [-0.1, -0.05) is 29.5 Å². The molecule has 3 N–H and O–H groups in total. The number of benzene rings is 1. The van der Waals surface area contributed by atoms with Crippen LogP contribution in [0.2, 0.25) is 5.02 Å². The van der Waals surface area contributed by atoms with Crippen molar-refractivity contribution in [3.63, 3.8) is 0 Å². The maximum atomic E-state index is 12.1. The first-order valence-corrected chi connectivity index (χ1v) is 8.32. The number of anilines is 1. The van der Waals surface area contributed by atoms with Gasteiger partial charge >= 0.3 is 0 Å². The van der Waals surface area contributed by atoms with Crippen molar-refractivity contribution >= 4 is 38.6 Å².